The average molecular weight is 163 g/mol. The largest absolute Gasteiger partial charge is 2.00 e. The Hall–Kier alpha value is 0.976. The van der Waals surface area contributed by atoms with Crippen LogP contribution in [0.2, 0.25) is 0 Å². The maximum Gasteiger partial charge on any atom is 2.00 e. The van der Waals surface area contributed by atoms with Crippen LogP contribution in [-0.4, -0.2) is 43.6 Å². The van der Waals surface area contributed by atoms with Gasteiger partial charge in [-0.25, -0.2) is 0 Å². The SMILES string of the molecule is [CH2-]CC(OC)OC.[Cl-].[Mg+2]. The van der Waals surface area contributed by atoms with Crippen LogP contribution in [0, 0.1) is 6.92 Å². The van der Waals surface area contributed by atoms with Crippen molar-refractivity contribution in [3.05, 3.63) is 6.92 Å². The van der Waals surface area contributed by atoms with Crippen molar-refractivity contribution in [1.82, 2.24) is 0 Å². The second-order valence-electron chi connectivity index (χ2n) is 1.19. The van der Waals surface area contributed by atoms with Crippen LogP contribution in [0.25, 0.3) is 0 Å². The van der Waals surface area contributed by atoms with Gasteiger partial charge in [0.25, 0.3) is 0 Å². The number of rotatable bonds is 3. The van der Waals surface area contributed by atoms with Gasteiger partial charge < -0.3 is 28.8 Å². The molecule has 0 aromatic heterocycles. The Morgan fingerprint density at radius 1 is 1.33 bits per heavy atom. The molecule has 0 unspecified atom stereocenters. The molecule has 0 aliphatic heterocycles. The van der Waals surface area contributed by atoms with Gasteiger partial charge in [0.2, 0.25) is 0 Å². The van der Waals surface area contributed by atoms with Gasteiger partial charge in [-0.15, -0.1) is 6.42 Å². The van der Waals surface area contributed by atoms with Gasteiger partial charge in [-0.3, -0.25) is 0 Å². The maximum atomic E-state index is 4.76. The van der Waals surface area contributed by atoms with E-state index in [1.54, 1.807) is 14.2 Å². The average Bonchev–Trinajstić information content (AvgIpc) is 1.72. The van der Waals surface area contributed by atoms with Gasteiger partial charge in [-0.1, -0.05) is 0 Å². The first-order chi connectivity index (χ1) is 3.35. The van der Waals surface area contributed by atoms with E-state index < -0.39 is 0 Å². The number of hydrogen-bond acceptors (Lipinski definition) is 2. The number of methoxy groups -OCH3 is 2. The molecule has 0 fully saturated rings. The minimum Gasteiger partial charge on any atom is -1.00 e. The zero-order valence-electron chi connectivity index (χ0n) is 5.89. The molecule has 0 rings (SSSR count). The summed E-state index contributed by atoms with van der Waals surface area (Å²) in [6.45, 7) is 3.58. The van der Waals surface area contributed by atoms with Crippen LogP contribution in [0.3, 0.4) is 0 Å². The van der Waals surface area contributed by atoms with Crippen molar-refractivity contribution in [2.75, 3.05) is 14.2 Å². The fraction of sp³-hybridized carbons (Fsp3) is 0.800. The molecule has 0 aromatic rings. The van der Waals surface area contributed by atoms with Gasteiger partial charge in [-0.2, -0.15) is 0 Å². The first-order valence-electron chi connectivity index (χ1n) is 2.20. The Labute approximate surface area is 78.8 Å². The molecule has 0 radical (unpaired) electrons. The molecule has 0 N–H and O–H groups in total. The van der Waals surface area contributed by atoms with Crippen molar-refractivity contribution in [1.29, 1.82) is 0 Å². The normalized spacial score (nSPS) is 8.00. The molecule has 0 heterocycles. The van der Waals surface area contributed by atoms with Crippen molar-refractivity contribution in [3.63, 3.8) is 0 Å². The molecule has 0 saturated carbocycles. The van der Waals surface area contributed by atoms with Gasteiger partial charge in [0.15, 0.2) is 0 Å². The molecule has 52 valence electrons. The first kappa shape index (κ1) is 16.5. The molecule has 2 nitrogen and oxygen atoms in total. The Balaban J connectivity index is -0.000000180. The summed E-state index contributed by atoms with van der Waals surface area (Å²) in [5, 5.41) is 0. The van der Waals surface area contributed by atoms with Crippen LogP contribution < -0.4 is 12.4 Å². The van der Waals surface area contributed by atoms with Crippen molar-refractivity contribution in [2.24, 2.45) is 0 Å². The van der Waals surface area contributed by atoms with Crippen molar-refractivity contribution in [3.8, 4) is 0 Å². The third kappa shape index (κ3) is 8.98. The monoisotopic (exact) mass is 162 g/mol. The summed E-state index contributed by atoms with van der Waals surface area (Å²) in [7, 11) is 3.19. The van der Waals surface area contributed by atoms with E-state index in [-0.39, 0.29) is 41.7 Å². The van der Waals surface area contributed by atoms with E-state index in [4.69, 9.17) is 9.47 Å². The minimum atomic E-state index is -0.125. The standard InChI is InChI=1S/C5H11O2.ClH.Mg/c1-4-5(6-2)7-3;;/h5H,1,4H2,2-3H3;1H;/q-1;;+2/p-1. The van der Waals surface area contributed by atoms with Crippen LogP contribution in [0.5, 0.6) is 0 Å². The van der Waals surface area contributed by atoms with E-state index in [9.17, 15) is 0 Å². The smallest absolute Gasteiger partial charge is 1.00 e. The fourth-order valence-corrected chi connectivity index (χ4v) is 0.332. The van der Waals surface area contributed by atoms with Crippen LogP contribution in [-0.2, 0) is 9.47 Å². The predicted molar refractivity (Wildman–Crippen MR) is 33.5 cm³/mol. The number of ether oxygens (including phenoxy) is 2. The van der Waals surface area contributed by atoms with Crippen molar-refractivity contribution < 1.29 is 21.9 Å². The topological polar surface area (TPSA) is 18.5 Å². The Morgan fingerprint density at radius 2 is 1.67 bits per heavy atom. The van der Waals surface area contributed by atoms with Gasteiger partial charge in [0.1, 0.15) is 6.29 Å². The zero-order valence-corrected chi connectivity index (χ0v) is 8.06. The molecule has 0 aliphatic rings. The molecule has 0 amide bonds. The van der Waals surface area contributed by atoms with E-state index in [1.165, 1.54) is 0 Å². The molecular formula is C5H11ClMgO2. The van der Waals surface area contributed by atoms with Crippen molar-refractivity contribution >= 4 is 23.1 Å². The van der Waals surface area contributed by atoms with Crippen LogP contribution in [0.15, 0.2) is 0 Å². The summed E-state index contributed by atoms with van der Waals surface area (Å²) in [4.78, 5) is 0. The summed E-state index contributed by atoms with van der Waals surface area (Å²) in [6.07, 6.45) is 0.535. The van der Waals surface area contributed by atoms with Gasteiger partial charge in [0, 0.05) is 14.2 Å². The van der Waals surface area contributed by atoms with Gasteiger partial charge >= 0.3 is 23.1 Å². The van der Waals surface area contributed by atoms with Crippen LogP contribution in [0.1, 0.15) is 6.42 Å². The second-order valence-corrected chi connectivity index (χ2v) is 1.19. The third-order valence-electron chi connectivity index (χ3n) is 0.761. The third-order valence-corrected chi connectivity index (χ3v) is 0.761. The molecule has 9 heavy (non-hydrogen) atoms. The molecular weight excluding hydrogens is 152 g/mol. The molecule has 0 saturated heterocycles. The van der Waals surface area contributed by atoms with Crippen LogP contribution >= 0.6 is 0 Å². The van der Waals surface area contributed by atoms with E-state index in [0.717, 1.165) is 0 Å². The summed E-state index contributed by atoms with van der Waals surface area (Å²) in [5.74, 6) is 0. The first-order valence-corrected chi connectivity index (χ1v) is 2.20. The summed E-state index contributed by atoms with van der Waals surface area (Å²) in [5.41, 5.74) is 0. The summed E-state index contributed by atoms with van der Waals surface area (Å²) < 4.78 is 9.53. The molecule has 0 aliphatic carbocycles. The predicted octanol–water partition coefficient (Wildman–Crippen LogP) is -2.55. The Bertz CT molecular complexity index is 36.4. The fourth-order valence-electron chi connectivity index (χ4n) is 0.332. The molecule has 0 atom stereocenters. The number of hydrogen-bond donors (Lipinski definition) is 0. The molecule has 0 bridgehead atoms. The minimum absolute atomic E-state index is 0. The van der Waals surface area contributed by atoms with Gasteiger partial charge in [0.05, 0.1) is 0 Å². The Morgan fingerprint density at radius 3 is 1.67 bits per heavy atom. The maximum absolute atomic E-state index is 4.76. The van der Waals surface area contributed by atoms with E-state index in [0.29, 0.717) is 6.42 Å². The van der Waals surface area contributed by atoms with Gasteiger partial charge in [-0.05, 0) is 0 Å². The molecule has 0 aromatic carbocycles. The van der Waals surface area contributed by atoms with E-state index in [2.05, 4.69) is 6.92 Å². The second kappa shape index (κ2) is 11.7. The summed E-state index contributed by atoms with van der Waals surface area (Å²) >= 11 is 0. The Kier molecular flexibility index (Phi) is 21.5. The van der Waals surface area contributed by atoms with Crippen LogP contribution in [0.4, 0.5) is 0 Å². The zero-order chi connectivity index (χ0) is 5.70. The van der Waals surface area contributed by atoms with Crippen molar-refractivity contribution in [2.45, 2.75) is 12.7 Å². The van der Waals surface area contributed by atoms with E-state index >= 15 is 0 Å². The molecule has 0 spiro atoms. The number of halogens is 1. The summed E-state index contributed by atoms with van der Waals surface area (Å²) in [6, 6.07) is 0. The quantitative estimate of drug-likeness (QED) is 0.259. The van der Waals surface area contributed by atoms with E-state index in [1.807, 2.05) is 0 Å². The molecule has 4 heteroatoms.